The maximum atomic E-state index is 12.2. The lowest BCUT2D eigenvalue weighted by molar-refractivity contribution is -0.137. The Hall–Kier alpha value is -1.51. The van der Waals surface area contributed by atoms with Gasteiger partial charge in [-0.15, -0.1) is 0 Å². The van der Waals surface area contributed by atoms with E-state index in [1.807, 2.05) is 6.92 Å². The lowest BCUT2D eigenvalue weighted by Crippen LogP contribution is -2.04. The summed E-state index contributed by atoms with van der Waals surface area (Å²) in [5.74, 6) is 0. The van der Waals surface area contributed by atoms with E-state index in [2.05, 4.69) is 6.58 Å². The molecule has 1 aromatic rings. The molecule has 0 fully saturated rings. The third-order valence-electron chi connectivity index (χ3n) is 2.08. The Balaban J connectivity index is 3.05. The molecule has 0 aliphatic heterocycles. The van der Waals surface area contributed by atoms with Gasteiger partial charge in [0, 0.05) is 0 Å². The van der Waals surface area contributed by atoms with E-state index < -0.39 is 11.7 Å². The lowest BCUT2D eigenvalue weighted by atomic mass is 10.0. The third kappa shape index (κ3) is 2.72. The van der Waals surface area contributed by atoms with Crippen LogP contribution in [0, 0.1) is 0 Å². The van der Waals surface area contributed by atoms with Crippen molar-refractivity contribution in [2.75, 3.05) is 0 Å². The highest BCUT2D eigenvalue weighted by Crippen LogP contribution is 2.30. The van der Waals surface area contributed by atoms with Gasteiger partial charge in [-0.3, -0.25) is 0 Å². The molecule has 0 heterocycles. The molecular formula is C12H11F3. The topological polar surface area (TPSA) is 0 Å². The van der Waals surface area contributed by atoms with Gasteiger partial charge in [0.2, 0.25) is 0 Å². The largest absolute Gasteiger partial charge is 0.416 e. The monoisotopic (exact) mass is 212 g/mol. The molecule has 0 aromatic heterocycles. The fraction of sp³-hybridized carbons (Fsp3) is 0.167. The highest BCUT2D eigenvalue weighted by Gasteiger charge is 2.29. The zero-order valence-corrected chi connectivity index (χ0v) is 8.31. The van der Waals surface area contributed by atoms with Crippen LogP contribution in [0.15, 0.2) is 43.0 Å². The van der Waals surface area contributed by atoms with E-state index in [-0.39, 0.29) is 0 Å². The lowest BCUT2D eigenvalue weighted by Gasteiger charge is -2.07. The van der Waals surface area contributed by atoms with Crippen LogP contribution in [0.25, 0.3) is 5.57 Å². The van der Waals surface area contributed by atoms with Crippen LogP contribution in [-0.2, 0) is 6.18 Å². The van der Waals surface area contributed by atoms with Gasteiger partial charge in [0.1, 0.15) is 0 Å². The minimum atomic E-state index is -4.27. The molecule has 0 atom stereocenters. The van der Waals surface area contributed by atoms with Gasteiger partial charge in [-0.1, -0.05) is 30.9 Å². The van der Waals surface area contributed by atoms with Gasteiger partial charge < -0.3 is 0 Å². The molecule has 0 bridgehead atoms. The van der Waals surface area contributed by atoms with Crippen molar-refractivity contribution in [1.82, 2.24) is 0 Å². The van der Waals surface area contributed by atoms with Crippen molar-refractivity contribution in [3.05, 3.63) is 54.1 Å². The third-order valence-corrected chi connectivity index (χ3v) is 2.08. The number of hydrogen-bond donors (Lipinski definition) is 0. The Morgan fingerprint density at radius 3 is 2.07 bits per heavy atom. The van der Waals surface area contributed by atoms with Crippen molar-refractivity contribution in [3.63, 3.8) is 0 Å². The van der Waals surface area contributed by atoms with E-state index in [4.69, 9.17) is 0 Å². The predicted molar refractivity (Wildman–Crippen MR) is 55.3 cm³/mol. The molecule has 1 rings (SSSR count). The van der Waals surface area contributed by atoms with Crippen molar-refractivity contribution in [2.45, 2.75) is 13.1 Å². The number of rotatable bonds is 2. The van der Waals surface area contributed by atoms with E-state index in [9.17, 15) is 13.2 Å². The highest BCUT2D eigenvalue weighted by molar-refractivity contribution is 5.73. The summed E-state index contributed by atoms with van der Waals surface area (Å²) >= 11 is 0. The van der Waals surface area contributed by atoms with Crippen LogP contribution in [-0.4, -0.2) is 0 Å². The fourth-order valence-electron chi connectivity index (χ4n) is 1.25. The van der Waals surface area contributed by atoms with Crippen LogP contribution in [0.4, 0.5) is 13.2 Å². The SMILES string of the molecule is C=C/C(=C\C)c1ccc(C(F)(F)F)cc1. The first-order valence-electron chi connectivity index (χ1n) is 4.45. The van der Waals surface area contributed by atoms with Crippen LogP contribution in [0.1, 0.15) is 18.1 Å². The van der Waals surface area contributed by atoms with Gasteiger partial charge >= 0.3 is 6.18 Å². The van der Waals surface area contributed by atoms with Crippen LogP contribution in [0.3, 0.4) is 0 Å². The van der Waals surface area contributed by atoms with Crippen LogP contribution in [0.2, 0.25) is 0 Å². The van der Waals surface area contributed by atoms with Gasteiger partial charge in [0.05, 0.1) is 5.56 Å². The Bertz CT molecular complexity index is 369. The molecule has 0 N–H and O–H groups in total. The molecule has 80 valence electrons. The first-order chi connectivity index (χ1) is 6.99. The number of hydrogen-bond acceptors (Lipinski definition) is 0. The summed E-state index contributed by atoms with van der Waals surface area (Å²) in [6, 6.07) is 5.03. The minimum Gasteiger partial charge on any atom is -0.166 e. The van der Waals surface area contributed by atoms with E-state index >= 15 is 0 Å². The second-order valence-electron chi connectivity index (χ2n) is 3.02. The summed E-state index contributed by atoms with van der Waals surface area (Å²) in [7, 11) is 0. The normalized spacial score (nSPS) is 12.7. The number of halogens is 3. The molecule has 3 heteroatoms. The number of alkyl halides is 3. The Morgan fingerprint density at radius 2 is 1.73 bits per heavy atom. The second kappa shape index (κ2) is 4.34. The summed E-state index contributed by atoms with van der Waals surface area (Å²) < 4.78 is 36.7. The molecule has 0 amide bonds. The molecule has 1 aromatic carbocycles. The van der Waals surface area contributed by atoms with E-state index in [1.165, 1.54) is 12.1 Å². The molecule has 0 saturated carbocycles. The quantitative estimate of drug-likeness (QED) is 0.641. The fourth-order valence-corrected chi connectivity index (χ4v) is 1.25. The van der Waals surface area contributed by atoms with Crippen LogP contribution < -0.4 is 0 Å². The van der Waals surface area contributed by atoms with Crippen molar-refractivity contribution in [3.8, 4) is 0 Å². The molecule has 0 aliphatic rings. The maximum Gasteiger partial charge on any atom is 0.416 e. The molecule has 0 radical (unpaired) electrons. The summed E-state index contributed by atoms with van der Waals surface area (Å²) in [5, 5.41) is 0. The van der Waals surface area contributed by atoms with Crippen molar-refractivity contribution in [2.24, 2.45) is 0 Å². The average Bonchev–Trinajstić information content (AvgIpc) is 2.19. The molecule has 0 nitrogen and oxygen atoms in total. The summed E-state index contributed by atoms with van der Waals surface area (Å²) in [6.45, 7) is 5.40. The summed E-state index contributed by atoms with van der Waals surface area (Å²) in [6.07, 6.45) is -0.860. The molecular weight excluding hydrogens is 201 g/mol. The van der Waals surface area contributed by atoms with Crippen molar-refractivity contribution in [1.29, 1.82) is 0 Å². The first kappa shape index (κ1) is 11.6. The molecule has 0 saturated heterocycles. The van der Waals surface area contributed by atoms with Gasteiger partial charge in [0.15, 0.2) is 0 Å². The molecule has 0 aliphatic carbocycles. The zero-order chi connectivity index (χ0) is 11.5. The van der Waals surface area contributed by atoms with Gasteiger partial charge in [0.25, 0.3) is 0 Å². The number of allylic oxidation sites excluding steroid dienone is 3. The Labute approximate surface area is 86.7 Å². The molecule has 0 unspecified atom stereocenters. The van der Waals surface area contributed by atoms with Gasteiger partial charge in [-0.05, 0) is 30.2 Å². The highest BCUT2D eigenvalue weighted by atomic mass is 19.4. The van der Waals surface area contributed by atoms with E-state index in [0.29, 0.717) is 0 Å². The number of benzene rings is 1. The Kier molecular flexibility index (Phi) is 3.35. The van der Waals surface area contributed by atoms with Crippen molar-refractivity contribution < 1.29 is 13.2 Å². The van der Waals surface area contributed by atoms with E-state index in [0.717, 1.165) is 23.3 Å². The summed E-state index contributed by atoms with van der Waals surface area (Å²) in [5.41, 5.74) is 0.926. The minimum absolute atomic E-state index is 0.634. The molecule has 0 spiro atoms. The standard InChI is InChI=1S/C12H11F3/c1-3-9(4-2)10-5-7-11(8-6-10)12(13,14)15/h3-8H,1H2,2H3/b9-4+. The van der Waals surface area contributed by atoms with Crippen LogP contribution in [0.5, 0.6) is 0 Å². The first-order valence-corrected chi connectivity index (χ1v) is 4.45. The van der Waals surface area contributed by atoms with Gasteiger partial charge in [-0.25, -0.2) is 0 Å². The zero-order valence-electron chi connectivity index (χ0n) is 8.31. The van der Waals surface area contributed by atoms with E-state index in [1.54, 1.807) is 12.2 Å². The summed E-state index contributed by atoms with van der Waals surface area (Å²) in [4.78, 5) is 0. The van der Waals surface area contributed by atoms with Gasteiger partial charge in [-0.2, -0.15) is 13.2 Å². The average molecular weight is 212 g/mol. The second-order valence-corrected chi connectivity index (χ2v) is 3.02. The Morgan fingerprint density at radius 1 is 1.20 bits per heavy atom. The predicted octanol–water partition coefficient (Wildman–Crippen LogP) is 4.29. The van der Waals surface area contributed by atoms with Crippen LogP contribution >= 0.6 is 0 Å². The molecule has 15 heavy (non-hydrogen) atoms. The smallest absolute Gasteiger partial charge is 0.166 e. The maximum absolute atomic E-state index is 12.2. The van der Waals surface area contributed by atoms with Crippen molar-refractivity contribution >= 4 is 5.57 Å².